The fourth-order valence-electron chi connectivity index (χ4n) is 2.27. The number of methoxy groups -OCH3 is 1. The Morgan fingerprint density at radius 2 is 1.85 bits per heavy atom. The van der Waals surface area contributed by atoms with Gasteiger partial charge < -0.3 is 14.8 Å². The molecule has 0 aliphatic rings. The molecular formula is C19H21NO5S. The zero-order valence-corrected chi connectivity index (χ0v) is 15.6. The van der Waals surface area contributed by atoms with Gasteiger partial charge in [-0.15, -0.1) is 11.3 Å². The number of hydrogen-bond acceptors (Lipinski definition) is 6. The van der Waals surface area contributed by atoms with E-state index in [0.29, 0.717) is 17.0 Å². The molecule has 1 amide bonds. The van der Waals surface area contributed by atoms with Crippen LogP contribution in [0.4, 0.5) is 5.00 Å². The summed E-state index contributed by atoms with van der Waals surface area (Å²) in [5.74, 6) is -1.09. The third-order valence-electron chi connectivity index (χ3n) is 3.55. The van der Waals surface area contributed by atoms with Gasteiger partial charge in [0.05, 0.1) is 19.3 Å². The van der Waals surface area contributed by atoms with Gasteiger partial charge in [-0.1, -0.05) is 30.3 Å². The summed E-state index contributed by atoms with van der Waals surface area (Å²) in [6, 6.07) is 11.3. The maximum Gasteiger partial charge on any atom is 0.341 e. The standard InChI is InChI=1S/C19H21NO5S/c1-3-25-19(23)14-12-15(13-8-5-4-6-9-13)26-18(14)20-16(21)10-7-11-17(22)24-2/h4-6,8-9,12H,3,7,10-11H2,1-2H3,(H,20,21). The van der Waals surface area contributed by atoms with Crippen molar-refractivity contribution in [1.29, 1.82) is 0 Å². The van der Waals surface area contributed by atoms with Crippen LogP contribution in [-0.4, -0.2) is 31.6 Å². The Morgan fingerprint density at radius 1 is 1.12 bits per heavy atom. The number of ether oxygens (including phenoxy) is 2. The minimum Gasteiger partial charge on any atom is -0.469 e. The Balaban J connectivity index is 2.14. The molecule has 1 heterocycles. The highest BCUT2D eigenvalue weighted by Gasteiger charge is 2.19. The first-order valence-corrected chi connectivity index (χ1v) is 9.09. The number of esters is 2. The van der Waals surface area contributed by atoms with E-state index in [0.717, 1.165) is 10.4 Å². The Morgan fingerprint density at radius 3 is 2.50 bits per heavy atom. The second-order valence-electron chi connectivity index (χ2n) is 5.42. The first kappa shape index (κ1) is 19.7. The Labute approximate surface area is 156 Å². The Bertz CT molecular complexity index is 769. The van der Waals surface area contributed by atoms with Crippen LogP contribution < -0.4 is 5.32 Å². The van der Waals surface area contributed by atoms with E-state index in [1.807, 2.05) is 30.3 Å². The lowest BCUT2D eigenvalue weighted by Crippen LogP contribution is -2.14. The van der Waals surface area contributed by atoms with E-state index in [9.17, 15) is 14.4 Å². The van der Waals surface area contributed by atoms with Gasteiger partial charge in [-0.2, -0.15) is 0 Å². The van der Waals surface area contributed by atoms with Crippen LogP contribution >= 0.6 is 11.3 Å². The monoisotopic (exact) mass is 375 g/mol. The normalized spacial score (nSPS) is 10.2. The molecule has 2 rings (SSSR count). The predicted molar refractivity (Wildman–Crippen MR) is 100 cm³/mol. The van der Waals surface area contributed by atoms with Gasteiger partial charge >= 0.3 is 11.9 Å². The van der Waals surface area contributed by atoms with Crippen LogP contribution in [0.3, 0.4) is 0 Å². The quantitative estimate of drug-likeness (QED) is 0.708. The number of benzene rings is 1. The summed E-state index contributed by atoms with van der Waals surface area (Å²) in [7, 11) is 1.31. The Kier molecular flexibility index (Phi) is 7.35. The molecule has 26 heavy (non-hydrogen) atoms. The number of carbonyl (C=O) groups is 3. The molecule has 0 aliphatic heterocycles. The van der Waals surface area contributed by atoms with Crippen LogP contribution in [0.15, 0.2) is 36.4 Å². The van der Waals surface area contributed by atoms with E-state index in [-0.39, 0.29) is 31.3 Å². The number of hydrogen-bond donors (Lipinski definition) is 1. The lowest BCUT2D eigenvalue weighted by Gasteiger charge is -2.05. The van der Waals surface area contributed by atoms with E-state index < -0.39 is 5.97 Å². The molecule has 7 heteroatoms. The number of anilines is 1. The van der Waals surface area contributed by atoms with Crippen molar-refractivity contribution in [2.75, 3.05) is 19.0 Å². The van der Waals surface area contributed by atoms with E-state index in [1.54, 1.807) is 13.0 Å². The maximum absolute atomic E-state index is 12.2. The number of carbonyl (C=O) groups excluding carboxylic acids is 3. The van der Waals surface area contributed by atoms with Gasteiger partial charge in [0.15, 0.2) is 0 Å². The van der Waals surface area contributed by atoms with Gasteiger partial charge in [0, 0.05) is 17.7 Å². The molecule has 0 fully saturated rings. The summed E-state index contributed by atoms with van der Waals surface area (Å²) in [5.41, 5.74) is 1.28. The second kappa shape index (κ2) is 9.72. The largest absolute Gasteiger partial charge is 0.469 e. The van der Waals surface area contributed by atoms with Crippen molar-refractivity contribution in [1.82, 2.24) is 0 Å². The highest BCUT2D eigenvalue weighted by molar-refractivity contribution is 7.20. The number of rotatable bonds is 8. The molecule has 0 aliphatic carbocycles. The van der Waals surface area contributed by atoms with Crippen LogP contribution in [0.1, 0.15) is 36.5 Å². The number of nitrogens with one attached hydrogen (secondary N) is 1. The minimum atomic E-state index is -0.476. The van der Waals surface area contributed by atoms with Gasteiger partial charge in [0.25, 0.3) is 0 Å². The second-order valence-corrected chi connectivity index (χ2v) is 6.47. The average molecular weight is 375 g/mol. The number of amides is 1. The molecule has 1 aromatic carbocycles. The van der Waals surface area contributed by atoms with Gasteiger partial charge in [-0.3, -0.25) is 9.59 Å². The molecule has 0 spiro atoms. The lowest BCUT2D eigenvalue weighted by atomic mass is 10.1. The molecular weight excluding hydrogens is 354 g/mol. The molecule has 1 aromatic heterocycles. The summed E-state index contributed by atoms with van der Waals surface area (Å²) in [6.07, 6.45) is 0.717. The molecule has 0 unspecified atom stereocenters. The highest BCUT2D eigenvalue weighted by atomic mass is 32.1. The predicted octanol–water partition coefficient (Wildman–Crippen LogP) is 3.87. The zero-order valence-electron chi connectivity index (χ0n) is 14.7. The van der Waals surface area contributed by atoms with Crippen LogP contribution in [-0.2, 0) is 19.1 Å². The first-order chi connectivity index (χ1) is 12.5. The molecule has 2 aromatic rings. The smallest absolute Gasteiger partial charge is 0.341 e. The van der Waals surface area contributed by atoms with Crippen LogP contribution in [0.2, 0.25) is 0 Å². The van der Waals surface area contributed by atoms with E-state index in [4.69, 9.17) is 4.74 Å². The van der Waals surface area contributed by atoms with E-state index >= 15 is 0 Å². The highest BCUT2D eigenvalue weighted by Crippen LogP contribution is 2.36. The lowest BCUT2D eigenvalue weighted by molar-refractivity contribution is -0.140. The third kappa shape index (κ3) is 5.42. The minimum absolute atomic E-state index is 0.163. The Hall–Kier alpha value is -2.67. The summed E-state index contributed by atoms with van der Waals surface area (Å²) >= 11 is 1.31. The molecule has 1 N–H and O–H groups in total. The van der Waals surface area contributed by atoms with Gasteiger partial charge in [0.1, 0.15) is 5.00 Å². The van der Waals surface area contributed by atoms with Crippen molar-refractivity contribution in [2.24, 2.45) is 0 Å². The van der Waals surface area contributed by atoms with Crippen molar-refractivity contribution < 1.29 is 23.9 Å². The molecule has 138 valence electrons. The topological polar surface area (TPSA) is 81.7 Å². The molecule has 6 nitrogen and oxygen atoms in total. The van der Waals surface area contributed by atoms with Crippen molar-refractivity contribution >= 4 is 34.2 Å². The van der Waals surface area contributed by atoms with Crippen molar-refractivity contribution in [3.8, 4) is 10.4 Å². The summed E-state index contributed by atoms with van der Waals surface area (Å²) in [5, 5.41) is 3.21. The molecule has 0 bridgehead atoms. The molecule has 0 atom stereocenters. The van der Waals surface area contributed by atoms with Crippen LogP contribution in [0.25, 0.3) is 10.4 Å². The summed E-state index contributed by atoms with van der Waals surface area (Å²) in [4.78, 5) is 36.3. The van der Waals surface area contributed by atoms with Crippen molar-refractivity contribution in [2.45, 2.75) is 26.2 Å². The maximum atomic E-state index is 12.2. The van der Waals surface area contributed by atoms with Gasteiger partial charge in [-0.05, 0) is 25.0 Å². The SMILES string of the molecule is CCOC(=O)c1cc(-c2ccccc2)sc1NC(=O)CCCC(=O)OC. The van der Waals surface area contributed by atoms with Crippen molar-refractivity contribution in [3.63, 3.8) is 0 Å². The van der Waals surface area contributed by atoms with Crippen LogP contribution in [0, 0.1) is 0 Å². The molecule has 0 saturated heterocycles. The first-order valence-electron chi connectivity index (χ1n) is 8.28. The van der Waals surface area contributed by atoms with E-state index in [1.165, 1.54) is 18.4 Å². The summed E-state index contributed by atoms with van der Waals surface area (Å²) in [6.45, 7) is 1.98. The zero-order chi connectivity index (χ0) is 18.9. The van der Waals surface area contributed by atoms with Gasteiger partial charge in [0.2, 0.25) is 5.91 Å². The van der Waals surface area contributed by atoms with Gasteiger partial charge in [-0.25, -0.2) is 4.79 Å². The van der Waals surface area contributed by atoms with Crippen LogP contribution in [0.5, 0.6) is 0 Å². The fourth-order valence-corrected chi connectivity index (χ4v) is 3.34. The molecule has 0 radical (unpaired) electrons. The summed E-state index contributed by atoms with van der Waals surface area (Å²) < 4.78 is 9.63. The molecule has 0 saturated carbocycles. The number of thiophene rings is 1. The average Bonchev–Trinajstić information content (AvgIpc) is 3.06. The fraction of sp³-hybridized carbons (Fsp3) is 0.316. The third-order valence-corrected chi connectivity index (χ3v) is 4.65. The van der Waals surface area contributed by atoms with E-state index in [2.05, 4.69) is 10.1 Å². The van der Waals surface area contributed by atoms with Crippen molar-refractivity contribution in [3.05, 3.63) is 42.0 Å².